The molecule has 20 heavy (non-hydrogen) atoms. The Balaban J connectivity index is 1.97. The lowest BCUT2D eigenvalue weighted by atomic mass is 10.3. The first-order chi connectivity index (χ1) is 9.54. The molecule has 0 fully saturated rings. The lowest BCUT2D eigenvalue weighted by Crippen LogP contribution is -2.21. The number of hydrogen-bond acceptors (Lipinski definition) is 5. The average molecular weight is 312 g/mol. The average Bonchev–Trinajstić information content (AvgIpc) is 2.85. The highest BCUT2D eigenvalue weighted by molar-refractivity contribution is 7.11. The molecule has 108 valence electrons. The number of halogens is 1. The highest BCUT2D eigenvalue weighted by Crippen LogP contribution is 2.25. The van der Waals surface area contributed by atoms with Crippen LogP contribution in [0.25, 0.3) is 0 Å². The minimum absolute atomic E-state index is 0.140. The van der Waals surface area contributed by atoms with Crippen LogP contribution in [-0.2, 0) is 6.54 Å². The molecule has 0 radical (unpaired) electrons. The van der Waals surface area contributed by atoms with Crippen LogP contribution < -0.4 is 10.1 Å². The van der Waals surface area contributed by atoms with Crippen molar-refractivity contribution in [3.8, 4) is 5.75 Å². The van der Waals surface area contributed by atoms with E-state index in [1.54, 1.807) is 17.4 Å². The number of benzene rings is 1. The lowest BCUT2D eigenvalue weighted by molar-refractivity contribution is 0.225. The number of hydrogen-bond donors (Lipinski definition) is 1. The Labute approximate surface area is 128 Å². The number of ether oxygens (including phenoxy) is 1. The van der Waals surface area contributed by atoms with E-state index >= 15 is 0 Å². The van der Waals surface area contributed by atoms with E-state index in [-0.39, 0.29) is 6.10 Å². The molecule has 0 aliphatic rings. The Morgan fingerprint density at radius 1 is 1.30 bits per heavy atom. The maximum Gasteiger partial charge on any atom is 0.157 e. The van der Waals surface area contributed by atoms with Gasteiger partial charge in [-0.1, -0.05) is 42.9 Å². The molecule has 1 atom stereocenters. The van der Waals surface area contributed by atoms with Gasteiger partial charge in [0.1, 0.15) is 16.9 Å². The fraction of sp³-hybridized carbons (Fsp3) is 0.429. The van der Waals surface area contributed by atoms with Crippen molar-refractivity contribution in [1.82, 2.24) is 15.5 Å². The fourth-order valence-electron chi connectivity index (χ4n) is 1.59. The highest BCUT2D eigenvalue weighted by Gasteiger charge is 2.14. The van der Waals surface area contributed by atoms with E-state index in [1.165, 1.54) is 0 Å². The first kappa shape index (κ1) is 15.2. The van der Waals surface area contributed by atoms with E-state index in [9.17, 15) is 0 Å². The third-order valence-corrected chi connectivity index (χ3v) is 3.92. The van der Waals surface area contributed by atoms with Gasteiger partial charge in [0.25, 0.3) is 0 Å². The van der Waals surface area contributed by atoms with Crippen LogP contribution in [0.15, 0.2) is 24.3 Å². The molecule has 0 aliphatic carbocycles. The fourth-order valence-corrected chi connectivity index (χ4v) is 2.54. The topological polar surface area (TPSA) is 47.0 Å². The van der Waals surface area contributed by atoms with Crippen molar-refractivity contribution in [2.24, 2.45) is 0 Å². The van der Waals surface area contributed by atoms with Crippen LogP contribution in [0, 0.1) is 0 Å². The van der Waals surface area contributed by atoms with Crippen LogP contribution in [0.4, 0.5) is 0 Å². The Kier molecular flexibility index (Phi) is 5.34. The van der Waals surface area contributed by atoms with Crippen LogP contribution in [0.3, 0.4) is 0 Å². The van der Waals surface area contributed by atoms with Gasteiger partial charge in [-0.25, -0.2) is 0 Å². The smallest absolute Gasteiger partial charge is 0.157 e. The minimum atomic E-state index is -0.140. The van der Waals surface area contributed by atoms with E-state index < -0.39 is 0 Å². The molecule has 1 aromatic heterocycles. The molecular formula is C14H18ClN3OS. The summed E-state index contributed by atoms with van der Waals surface area (Å²) in [6, 6.07) is 7.79. The zero-order valence-electron chi connectivity index (χ0n) is 11.8. The molecule has 0 amide bonds. The highest BCUT2D eigenvalue weighted by atomic mass is 35.5. The lowest BCUT2D eigenvalue weighted by Gasteiger charge is -2.11. The number of nitrogens with one attached hydrogen (secondary N) is 1. The second-order valence-electron chi connectivity index (χ2n) is 4.79. The molecule has 1 aromatic carbocycles. The summed E-state index contributed by atoms with van der Waals surface area (Å²) >= 11 is 7.50. The summed E-state index contributed by atoms with van der Waals surface area (Å²) in [4.78, 5) is 0. The van der Waals surface area contributed by atoms with E-state index in [4.69, 9.17) is 16.3 Å². The molecule has 1 unspecified atom stereocenters. The Bertz CT molecular complexity index is 559. The molecule has 6 heteroatoms. The van der Waals surface area contributed by atoms with Crippen molar-refractivity contribution in [1.29, 1.82) is 0 Å². The summed E-state index contributed by atoms with van der Waals surface area (Å²) in [5, 5.41) is 14.2. The Morgan fingerprint density at radius 3 is 2.80 bits per heavy atom. The molecule has 4 nitrogen and oxygen atoms in total. The molecule has 1 N–H and O–H groups in total. The van der Waals surface area contributed by atoms with Gasteiger partial charge >= 0.3 is 0 Å². The summed E-state index contributed by atoms with van der Waals surface area (Å²) in [5.41, 5.74) is 0. The van der Waals surface area contributed by atoms with Gasteiger partial charge in [-0.2, -0.15) is 0 Å². The maximum absolute atomic E-state index is 5.94. The summed E-state index contributed by atoms with van der Waals surface area (Å²) in [6.07, 6.45) is -0.140. The van der Waals surface area contributed by atoms with Gasteiger partial charge in [0.15, 0.2) is 5.01 Å². The van der Waals surface area contributed by atoms with Crippen molar-refractivity contribution < 1.29 is 4.74 Å². The zero-order valence-corrected chi connectivity index (χ0v) is 13.3. The quantitative estimate of drug-likeness (QED) is 0.880. The standard InChI is InChI=1S/C14H18ClN3OS/c1-9(2)16-8-13-17-18-14(20-13)10(3)19-12-6-4-5-11(15)7-12/h4-7,9-10,16H,8H2,1-3H3. The van der Waals surface area contributed by atoms with Crippen molar-refractivity contribution in [3.05, 3.63) is 39.3 Å². The van der Waals surface area contributed by atoms with Crippen molar-refractivity contribution in [2.75, 3.05) is 0 Å². The van der Waals surface area contributed by atoms with E-state index in [0.29, 0.717) is 11.1 Å². The molecule has 0 aliphatic heterocycles. The van der Waals surface area contributed by atoms with Crippen LogP contribution in [0.5, 0.6) is 5.75 Å². The predicted octanol–water partition coefficient (Wildman–Crippen LogP) is 3.83. The molecule has 1 heterocycles. The van der Waals surface area contributed by atoms with Crippen LogP contribution in [0.2, 0.25) is 5.02 Å². The minimum Gasteiger partial charge on any atom is -0.483 e. The molecule has 0 saturated heterocycles. The van der Waals surface area contributed by atoms with Gasteiger partial charge < -0.3 is 10.1 Å². The molecule has 2 aromatic rings. The van der Waals surface area contributed by atoms with Crippen molar-refractivity contribution in [2.45, 2.75) is 39.5 Å². The van der Waals surface area contributed by atoms with Crippen LogP contribution in [-0.4, -0.2) is 16.2 Å². The molecule has 0 spiro atoms. The van der Waals surface area contributed by atoms with Gasteiger partial charge in [-0.3, -0.25) is 0 Å². The summed E-state index contributed by atoms with van der Waals surface area (Å²) in [7, 11) is 0. The van der Waals surface area contributed by atoms with Crippen LogP contribution in [0.1, 0.15) is 36.9 Å². The predicted molar refractivity (Wildman–Crippen MR) is 82.4 cm³/mol. The normalized spacial score (nSPS) is 12.7. The third-order valence-electron chi connectivity index (χ3n) is 2.60. The largest absolute Gasteiger partial charge is 0.483 e. The van der Waals surface area contributed by atoms with Crippen molar-refractivity contribution in [3.63, 3.8) is 0 Å². The first-order valence-electron chi connectivity index (χ1n) is 6.52. The number of aromatic nitrogens is 2. The Hall–Kier alpha value is -1.17. The summed E-state index contributed by atoms with van der Waals surface area (Å²) in [6.45, 7) is 6.90. The summed E-state index contributed by atoms with van der Waals surface area (Å²) < 4.78 is 5.82. The van der Waals surface area contributed by atoms with Gasteiger partial charge in [0, 0.05) is 17.6 Å². The molecule has 0 bridgehead atoms. The molecule has 2 rings (SSSR count). The SMILES string of the molecule is CC(C)NCc1nnc(C(C)Oc2cccc(Cl)c2)s1. The third kappa shape index (κ3) is 4.44. The Morgan fingerprint density at radius 2 is 2.10 bits per heavy atom. The van der Waals surface area contributed by atoms with Gasteiger partial charge in [-0.15, -0.1) is 10.2 Å². The second kappa shape index (κ2) is 7.02. The van der Waals surface area contributed by atoms with Gasteiger partial charge in [0.2, 0.25) is 0 Å². The first-order valence-corrected chi connectivity index (χ1v) is 7.72. The number of rotatable bonds is 6. The van der Waals surface area contributed by atoms with E-state index in [1.807, 2.05) is 25.1 Å². The zero-order chi connectivity index (χ0) is 14.5. The number of nitrogens with zero attached hydrogens (tertiary/aromatic N) is 2. The second-order valence-corrected chi connectivity index (χ2v) is 6.32. The summed E-state index contributed by atoms with van der Waals surface area (Å²) in [5.74, 6) is 0.738. The monoisotopic (exact) mass is 311 g/mol. The van der Waals surface area contributed by atoms with Crippen LogP contribution >= 0.6 is 22.9 Å². The van der Waals surface area contributed by atoms with E-state index in [0.717, 1.165) is 22.3 Å². The molecule has 0 saturated carbocycles. The van der Waals surface area contributed by atoms with Gasteiger partial charge in [0.05, 0.1) is 0 Å². The molecular weight excluding hydrogens is 294 g/mol. The van der Waals surface area contributed by atoms with Gasteiger partial charge in [-0.05, 0) is 25.1 Å². The van der Waals surface area contributed by atoms with E-state index in [2.05, 4.69) is 29.4 Å². The van der Waals surface area contributed by atoms with Crippen molar-refractivity contribution >= 4 is 22.9 Å². The maximum atomic E-state index is 5.94.